The fourth-order valence-electron chi connectivity index (χ4n) is 4.63. The quantitative estimate of drug-likeness (QED) is 0.473. The molecule has 1 unspecified atom stereocenters. The van der Waals surface area contributed by atoms with Crippen LogP contribution in [0.25, 0.3) is 0 Å². The average Bonchev–Trinajstić information content (AvgIpc) is 3.23. The van der Waals surface area contributed by atoms with E-state index in [2.05, 4.69) is 24.0 Å². The number of aromatic hydroxyl groups is 2. The monoisotopic (exact) mass is 463 g/mol. The molecule has 0 bridgehead atoms. The van der Waals surface area contributed by atoms with Crippen molar-refractivity contribution in [1.29, 1.82) is 0 Å². The van der Waals surface area contributed by atoms with Crippen molar-refractivity contribution < 1.29 is 19.7 Å². The summed E-state index contributed by atoms with van der Waals surface area (Å²) in [6, 6.07) is 21.2. The van der Waals surface area contributed by atoms with Crippen LogP contribution in [0.15, 0.2) is 71.6 Å². The van der Waals surface area contributed by atoms with Crippen molar-refractivity contribution in [2.45, 2.75) is 42.1 Å². The Morgan fingerprint density at radius 1 is 1.00 bits per heavy atom. The number of ether oxygens (including phenoxy) is 2. The molecular weight excluding hydrogens is 434 g/mol. The largest absolute Gasteiger partial charge is 0.508 e. The van der Waals surface area contributed by atoms with Crippen LogP contribution in [-0.2, 0) is 0 Å². The third-order valence-corrected chi connectivity index (χ3v) is 7.80. The normalized spacial score (nSPS) is 22.5. The zero-order valence-electron chi connectivity index (χ0n) is 18.7. The minimum absolute atomic E-state index is 0.0742. The number of hydrogen-bond acceptors (Lipinski definition) is 6. The zero-order valence-corrected chi connectivity index (χ0v) is 19.5. The Kier molecular flexibility index (Phi) is 6.38. The first kappa shape index (κ1) is 22.0. The van der Waals surface area contributed by atoms with Gasteiger partial charge in [0.05, 0.1) is 10.1 Å². The maximum Gasteiger partial charge on any atom is 0.140 e. The van der Waals surface area contributed by atoms with E-state index in [1.807, 2.05) is 24.3 Å². The second-order valence-corrected chi connectivity index (χ2v) is 9.93. The van der Waals surface area contributed by atoms with E-state index >= 15 is 0 Å². The van der Waals surface area contributed by atoms with Crippen molar-refractivity contribution in [3.8, 4) is 23.0 Å². The Labute approximate surface area is 199 Å². The predicted molar refractivity (Wildman–Crippen MR) is 130 cm³/mol. The fourth-order valence-corrected chi connectivity index (χ4v) is 5.94. The van der Waals surface area contributed by atoms with Gasteiger partial charge < -0.3 is 19.7 Å². The molecule has 6 heteroatoms. The topological polar surface area (TPSA) is 62.2 Å². The lowest BCUT2D eigenvalue weighted by Crippen LogP contribution is -2.31. The minimum atomic E-state index is -0.242. The SMILES string of the molecule is CC1CCCN1CCOc1ccc([C@@H]2Oc3ccc(O)cc3S[C@@H]2c2cccc(O)c2)cc1. The summed E-state index contributed by atoms with van der Waals surface area (Å²) in [6.07, 6.45) is 2.31. The van der Waals surface area contributed by atoms with Crippen molar-refractivity contribution in [1.82, 2.24) is 4.90 Å². The molecular formula is C27H29NO4S. The van der Waals surface area contributed by atoms with Crippen LogP contribution in [-0.4, -0.2) is 40.9 Å². The molecule has 0 saturated carbocycles. The van der Waals surface area contributed by atoms with Crippen LogP contribution in [0, 0.1) is 0 Å². The molecule has 0 amide bonds. The first-order valence-electron chi connectivity index (χ1n) is 11.5. The summed E-state index contributed by atoms with van der Waals surface area (Å²) in [7, 11) is 0. The molecule has 5 nitrogen and oxygen atoms in total. The van der Waals surface area contributed by atoms with Crippen LogP contribution in [0.3, 0.4) is 0 Å². The zero-order chi connectivity index (χ0) is 22.8. The standard InChI is InChI=1S/C27H29NO4S/c1-18-4-3-13-28(18)14-15-31-23-10-7-19(8-11-23)26-27(20-5-2-6-21(29)16-20)33-25-17-22(30)9-12-24(25)32-26/h2,5-12,16-18,26-27,29-30H,3-4,13-15H2,1H3/t18?,26-,27+/m0/s1. The summed E-state index contributed by atoms with van der Waals surface area (Å²) in [4.78, 5) is 3.37. The molecule has 0 aliphatic carbocycles. The number of nitrogens with zero attached hydrogens (tertiary/aromatic N) is 1. The maximum atomic E-state index is 10.0. The van der Waals surface area contributed by atoms with Crippen molar-refractivity contribution in [3.05, 3.63) is 77.9 Å². The lowest BCUT2D eigenvalue weighted by molar-refractivity contribution is 0.190. The van der Waals surface area contributed by atoms with E-state index in [9.17, 15) is 10.2 Å². The molecule has 3 aromatic rings. The molecule has 2 N–H and O–H groups in total. The van der Waals surface area contributed by atoms with E-state index in [4.69, 9.17) is 9.47 Å². The molecule has 1 fully saturated rings. The third kappa shape index (κ3) is 4.92. The van der Waals surface area contributed by atoms with Gasteiger partial charge >= 0.3 is 0 Å². The number of phenolic OH excluding ortho intramolecular Hbond substituents is 2. The summed E-state index contributed by atoms with van der Waals surface area (Å²) in [6.45, 7) is 5.08. The average molecular weight is 464 g/mol. The van der Waals surface area contributed by atoms with Gasteiger partial charge in [-0.2, -0.15) is 0 Å². The first-order valence-corrected chi connectivity index (χ1v) is 12.4. The van der Waals surface area contributed by atoms with Crippen molar-refractivity contribution >= 4 is 11.8 Å². The lowest BCUT2D eigenvalue weighted by atomic mass is 10.00. The van der Waals surface area contributed by atoms with E-state index in [0.717, 1.165) is 40.6 Å². The number of benzene rings is 3. The molecule has 2 heterocycles. The number of rotatable bonds is 6. The van der Waals surface area contributed by atoms with Gasteiger partial charge in [-0.15, -0.1) is 11.8 Å². The summed E-state index contributed by atoms with van der Waals surface area (Å²) in [5.74, 6) is 2.04. The van der Waals surface area contributed by atoms with Gasteiger partial charge in [-0.1, -0.05) is 24.3 Å². The molecule has 1 saturated heterocycles. The Morgan fingerprint density at radius 2 is 1.82 bits per heavy atom. The van der Waals surface area contributed by atoms with Gasteiger partial charge in [0, 0.05) is 12.6 Å². The Bertz CT molecular complexity index is 1100. The molecule has 2 aliphatic rings. The van der Waals surface area contributed by atoms with Crippen molar-refractivity contribution in [3.63, 3.8) is 0 Å². The van der Waals surface area contributed by atoms with Gasteiger partial charge in [0.2, 0.25) is 0 Å². The van der Waals surface area contributed by atoms with E-state index in [-0.39, 0.29) is 22.9 Å². The molecule has 33 heavy (non-hydrogen) atoms. The summed E-state index contributed by atoms with van der Waals surface area (Å²) >= 11 is 1.64. The van der Waals surface area contributed by atoms with Crippen LogP contribution >= 0.6 is 11.8 Å². The van der Waals surface area contributed by atoms with E-state index in [0.29, 0.717) is 12.6 Å². The van der Waals surface area contributed by atoms with Gasteiger partial charge in [0.15, 0.2) is 0 Å². The highest BCUT2D eigenvalue weighted by atomic mass is 32.2. The molecule has 3 atom stereocenters. The molecule has 3 aromatic carbocycles. The molecule has 0 spiro atoms. The van der Waals surface area contributed by atoms with Crippen molar-refractivity contribution in [2.24, 2.45) is 0 Å². The summed E-state index contributed by atoms with van der Waals surface area (Å²) in [5.41, 5.74) is 2.01. The summed E-state index contributed by atoms with van der Waals surface area (Å²) < 4.78 is 12.4. The Balaban J connectivity index is 1.34. The minimum Gasteiger partial charge on any atom is -0.508 e. The van der Waals surface area contributed by atoms with Crippen LogP contribution in [0.4, 0.5) is 0 Å². The maximum absolute atomic E-state index is 10.0. The van der Waals surface area contributed by atoms with E-state index in [1.165, 1.54) is 12.8 Å². The van der Waals surface area contributed by atoms with Crippen LogP contribution in [0.1, 0.15) is 42.2 Å². The molecule has 172 valence electrons. The molecule has 2 aliphatic heterocycles. The predicted octanol–water partition coefficient (Wildman–Crippen LogP) is 5.93. The highest BCUT2D eigenvalue weighted by Gasteiger charge is 2.34. The molecule has 0 radical (unpaired) electrons. The molecule has 5 rings (SSSR count). The third-order valence-electron chi connectivity index (χ3n) is 6.46. The second-order valence-electron chi connectivity index (χ2n) is 8.75. The highest BCUT2D eigenvalue weighted by Crippen LogP contribution is 2.54. The fraction of sp³-hybridized carbons (Fsp3) is 0.333. The van der Waals surface area contributed by atoms with Crippen LogP contribution in [0.2, 0.25) is 0 Å². The second kappa shape index (κ2) is 9.57. The van der Waals surface area contributed by atoms with Gasteiger partial charge in [0.25, 0.3) is 0 Å². The van der Waals surface area contributed by atoms with Gasteiger partial charge in [-0.3, -0.25) is 4.90 Å². The van der Waals surface area contributed by atoms with E-state index < -0.39 is 0 Å². The number of likely N-dealkylation sites (tertiary alicyclic amines) is 1. The first-order chi connectivity index (χ1) is 16.1. The number of fused-ring (bicyclic) bond motifs is 1. The van der Waals surface area contributed by atoms with Gasteiger partial charge in [0.1, 0.15) is 35.7 Å². The van der Waals surface area contributed by atoms with Crippen LogP contribution in [0.5, 0.6) is 23.0 Å². The van der Waals surface area contributed by atoms with Crippen LogP contribution < -0.4 is 9.47 Å². The Morgan fingerprint density at radius 3 is 2.58 bits per heavy atom. The van der Waals surface area contributed by atoms with E-state index in [1.54, 1.807) is 42.1 Å². The number of hydrogen-bond donors (Lipinski definition) is 2. The smallest absolute Gasteiger partial charge is 0.140 e. The van der Waals surface area contributed by atoms with Crippen molar-refractivity contribution in [2.75, 3.05) is 19.7 Å². The lowest BCUT2D eigenvalue weighted by Gasteiger charge is -2.34. The molecule has 0 aromatic heterocycles. The highest BCUT2D eigenvalue weighted by molar-refractivity contribution is 7.99. The number of thioether (sulfide) groups is 1. The Hall–Kier alpha value is -2.83. The van der Waals surface area contributed by atoms with Gasteiger partial charge in [-0.25, -0.2) is 0 Å². The van der Waals surface area contributed by atoms with Gasteiger partial charge in [-0.05, 0) is 79.9 Å². The summed E-state index contributed by atoms with van der Waals surface area (Å²) in [5, 5.41) is 19.9. The number of phenols is 2.